The summed E-state index contributed by atoms with van der Waals surface area (Å²) in [7, 11) is 1.78. The lowest BCUT2D eigenvalue weighted by atomic mass is 9.95. The molecule has 140 valence electrons. The Morgan fingerprint density at radius 2 is 2.15 bits per heavy atom. The molecular formula is C19H23ClFN3O2. The predicted octanol–water partition coefficient (Wildman–Crippen LogP) is 3.98. The van der Waals surface area contributed by atoms with Gasteiger partial charge in [-0.15, -0.1) is 0 Å². The number of imidazole rings is 1. The molecule has 5 nitrogen and oxygen atoms in total. The molecule has 1 fully saturated rings. The molecule has 0 radical (unpaired) electrons. The fourth-order valence-electron chi connectivity index (χ4n) is 3.95. The van der Waals surface area contributed by atoms with E-state index in [1.165, 1.54) is 18.2 Å². The Hall–Kier alpha value is -1.92. The third-order valence-corrected chi connectivity index (χ3v) is 5.63. The molecule has 1 amide bonds. The average molecular weight is 380 g/mol. The van der Waals surface area contributed by atoms with Crippen molar-refractivity contribution in [3.8, 4) is 0 Å². The molecule has 3 rings (SSSR count). The van der Waals surface area contributed by atoms with Crippen LogP contribution in [0, 0.1) is 17.7 Å². The van der Waals surface area contributed by atoms with Crippen molar-refractivity contribution in [1.82, 2.24) is 9.55 Å². The normalized spacial score (nSPS) is 22.6. The Bertz CT molecular complexity index is 796. The van der Waals surface area contributed by atoms with E-state index in [-0.39, 0.29) is 29.4 Å². The van der Waals surface area contributed by atoms with Crippen LogP contribution in [-0.4, -0.2) is 27.2 Å². The average Bonchev–Trinajstić information content (AvgIpc) is 3.20. The van der Waals surface area contributed by atoms with Gasteiger partial charge in [0.15, 0.2) is 0 Å². The van der Waals surface area contributed by atoms with Gasteiger partial charge in [0, 0.05) is 25.3 Å². The molecule has 2 aromatic rings. The zero-order valence-electron chi connectivity index (χ0n) is 14.9. The van der Waals surface area contributed by atoms with E-state index in [1.807, 2.05) is 0 Å². The second-order valence-electron chi connectivity index (χ2n) is 6.95. The first-order valence-electron chi connectivity index (χ1n) is 8.83. The Kier molecular flexibility index (Phi) is 5.63. The second kappa shape index (κ2) is 7.76. The lowest BCUT2D eigenvalue weighted by molar-refractivity contribution is 0.101. The van der Waals surface area contributed by atoms with E-state index in [0.717, 1.165) is 25.0 Å². The first-order chi connectivity index (χ1) is 12.4. The third-order valence-electron chi connectivity index (χ3n) is 5.34. The highest BCUT2D eigenvalue weighted by atomic mass is 35.5. The van der Waals surface area contributed by atoms with Crippen LogP contribution in [0.3, 0.4) is 0 Å². The van der Waals surface area contributed by atoms with E-state index in [4.69, 9.17) is 11.6 Å². The maximum absolute atomic E-state index is 13.3. The number of rotatable bonds is 5. The summed E-state index contributed by atoms with van der Waals surface area (Å²) in [6.45, 7) is 2.29. The molecule has 26 heavy (non-hydrogen) atoms. The molecule has 1 saturated carbocycles. The van der Waals surface area contributed by atoms with Gasteiger partial charge in [-0.2, -0.15) is 0 Å². The van der Waals surface area contributed by atoms with E-state index in [1.54, 1.807) is 17.9 Å². The summed E-state index contributed by atoms with van der Waals surface area (Å²) in [6.07, 6.45) is 4.38. The smallest absolute Gasteiger partial charge is 0.274 e. The number of amides is 1. The van der Waals surface area contributed by atoms with Crippen LogP contribution in [-0.2, 0) is 7.05 Å². The van der Waals surface area contributed by atoms with Crippen LogP contribution in [0.15, 0.2) is 24.5 Å². The number of aromatic nitrogens is 2. The van der Waals surface area contributed by atoms with Gasteiger partial charge in [0.1, 0.15) is 11.5 Å². The largest absolute Gasteiger partial charge is 0.396 e. The van der Waals surface area contributed by atoms with Gasteiger partial charge < -0.3 is 15.0 Å². The first kappa shape index (κ1) is 18.9. The van der Waals surface area contributed by atoms with Gasteiger partial charge >= 0.3 is 0 Å². The van der Waals surface area contributed by atoms with Crippen LogP contribution in [0.1, 0.15) is 48.3 Å². The number of benzene rings is 1. The van der Waals surface area contributed by atoms with Gasteiger partial charge in [0.25, 0.3) is 5.91 Å². The molecule has 1 aliphatic carbocycles. The van der Waals surface area contributed by atoms with Crippen LogP contribution in [0.2, 0.25) is 5.02 Å². The van der Waals surface area contributed by atoms with Gasteiger partial charge in [-0.1, -0.05) is 24.9 Å². The molecule has 1 aromatic heterocycles. The molecule has 0 aliphatic heterocycles. The molecule has 0 spiro atoms. The summed E-state index contributed by atoms with van der Waals surface area (Å²) >= 11 is 5.78. The molecule has 0 saturated heterocycles. The number of carbonyl (C=O) groups excluding carboxylic acids is 1. The second-order valence-corrected chi connectivity index (χ2v) is 7.36. The van der Waals surface area contributed by atoms with Crippen LogP contribution in [0.25, 0.3) is 0 Å². The van der Waals surface area contributed by atoms with Crippen LogP contribution < -0.4 is 5.32 Å². The van der Waals surface area contributed by atoms with Gasteiger partial charge in [-0.3, -0.25) is 4.79 Å². The first-order valence-corrected chi connectivity index (χ1v) is 9.20. The highest BCUT2D eigenvalue weighted by molar-refractivity contribution is 6.31. The predicted molar refractivity (Wildman–Crippen MR) is 98.9 cm³/mol. The molecule has 1 aliphatic rings. The van der Waals surface area contributed by atoms with Gasteiger partial charge in [-0.05, 0) is 42.9 Å². The number of carbonyl (C=O) groups is 1. The number of nitrogens with one attached hydrogen (secondary N) is 1. The van der Waals surface area contributed by atoms with Crippen LogP contribution in [0.5, 0.6) is 0 Å². The van der Waals surface area contributed by atoms with Crippen molar-refractivity contribution in [3.05, 3.63) is 46.8 Å². The fourth-order valence-corrected chi connectivity index (χ4v) is 4.13. The summed E-state index contributed by atoms with van der Waals surface area (Å²) in [5.74, 6) is 0.00849. The number of aryl methyl sites for hydroxylation is 1. The molecule has 0 bridgehead atoms. The Morgan fingerprint density at radius 3 is 2.77 bits per heavy atom. The molecule has 1 aromatic carbocycles. The minimum absolute atomic E-state index is 0.0413. The van der Waals surface area contributed by atoms with Crippen molar-refractivity contribution in [2.45, 2.75) is 32.1 Å². The van der Waals surface area contributed by atoms with Crippen LogP contribution in [0.4, 0.5) is 10.1 Å². The van der Waals surface area contributed by atoms with Crippen molar-refractivity contribution in [3.63, 3.8) is 0 Å². The highest BCUT2D eigenvalue weighted by Gasteiger charge is 2.36. The maximum atomic E-state index is 13.3. The molecule has 0 unspecified atom stereocenters. The number of hydrogen-bond acceptors (Lipinski definition) is 3. The number of halogens is 2. The summed E-state index contributed by atoms with van der Waals surface area (Å²) in [5, 5.41) is 12.3. The van der Waals surface area contributed by atoms with Gasteiger partial charge in [-0.25, -0.2) is 9.37 Å². The topological polar surface area (TPSA) is 67.2 Å². The number of aliphatic hydroxyl groups is 1. The Balaban J connectivity index is 1.83. The van der Waals surface area contributed by atoms with Crippen molar-refractivity contribution in [2.24, 2.45) is 18.9 Å². The minimum atomic E-state index is -0.530. The van der Waals surface area contributed by atoms with E-state index in [2.05, 4.69) is 17.2 Å². The molecule has 2 N–H and O–H groups in total. The minimum Gasteiger partial charge on any atom is -0.396 e. The van der Waals surface area contributed by atoms with Gasteiger partial charge in [0.05, 0.1) is 17.0 Å². The molecule has 7 heteroatoms. The monoisotopic (exact) mass is 379 g/mol. The number of hydrogen-bond donors (Lipinski definition) is 2. The molecule has 1 heterocycles. The van der Waals surface area contributed by atoms with E-state index >= 15 is 0 Å². The van der Waals surface area contributed by atoms with E-state index in [9.17, 15) is 14.3 Å². The maximum Gasteiger partial charge on any atom is 0.274 e. The summed E-state index contributed by atoms with van der Waals surface area (Å²) in [4.78, 5) is 17.3. The molecule has 3 atom stereocenters. The molecular weight excluding hydrogens is 357 g/mol. The van der Waals surface area contributed by atoms with Crippen LogP contribution >= 0.6 is 11.6 Å². The van der Waals surface area contributed by atoms with Gasteiger partial charge in [0.2, 0.25) is 0 Å². The summed E-state index contributed by atoms with van der Waals surface area (Å²) in [6, 6.07) is 4.08. The zero-order chi connectivity index (χ0) is 18.8. The summed E-state index contributed by atoms with van der Waals surface area (Å²) in [5.41, 5.74) is 1.68. The summed E-state index contributed by atoms with van der Waals surface area (Å²) < 4.78 is 15.0. The number of aliphatic hydroxyl groups excluding tert-OH is 1. The van der Waals surface area contributed by atoms with Crippen molar-refractivity contribution >= 4 is 23.2 Å². The zero-order valence-corrected chi connectivity index (χ0v) is 15.6. The Labute approximate surface area is 157 Å². The lowest BCUT2D eigenvalue weighted by Crippen LogP contribution is -2.18. The number of nitrogens with zero attached hydrogens (tertiary/aromatic N) is 2. The Morgan fingerprint density at radius 1 is 1.42 bits per heavy atom. The van der Waals surface area contributed by atoms with Crippen molar-refractivity contribution in [2.75, 3.05) is 11.9 Å². The van der Waals surface area contributed by atoms with Crippen molar-refractivity contribution in [1.29, 1.82) is 0 Å². The van der Waals surface area contributed by atoms with E-state index < -0.39 is 5.82 Å². The van der Waals surface area contributed by atoms with Crippen molar-refractivity contribution < 1.29 is 14.3 Å². The van der Waals surface area contributed by atoms with E-state index in [0.29, 0.717) is 17.3 Å². The fraction of sp³-hybridized carbons (Fsp3) is 0.474. The quantitative estimate of drug-likeness (QED) is 0.825. The third kappa shape index (κ3) is 3.62. The SMILES string of the molecule is CC[C@H]1C[C@@H](c2ncn(C)c2C(=O)Nc2ccc(F)c(Cl)c2)C[C@H]1CO. The lowest BCUT2D eigenvalue weighted by Gasteiger charge is -2.13. The highest BCUT2D eigenvalue weighted by Crippen LogP contribution is 2.44. The number of anilines is 1. The standard InChI is InChI=1S/C19H23ClFN3O2/c1-3-11-6-12(7-13(11)9-25)17-18(24(2)10-22-17)19(26)23-14-4-5-16(21)15(20)8-14/h4-5,8,10-13,25H,3,6-7,9H2,1-2H3,(H,23,26)/t11-,12+,13-/m0/s1.